The maximum absolute atomic E-state index is 12.0. The van der Waals surface area contributed by atoms with Crippen molar-refractivity contribution < 1.29 is 9.59 Å². The van der Waals surface area contributed by atoms with E-state index in [9.17, 15) is 9.59 Å². The molecule has 124 valence electrons. The summed E-state index contributed by atoms with van der Waals surface area (Å²) in [6.07, 6.45) is 3.64. The Bertz CT molecular complexity index is 729. The Morgan fingerprint density at radius 2 is 1.67 bits per heavy atom. The fourth-order valence-electron chi connectivity index (χ4n) is 2.86. The fourth-order valence-corrected chi connectivity index (χ4v) is 2.86. The Kier molecular flexibility index (Phi) is 5.11. The second-order valence-electron chi connectivity index (χ2n) is 5.88. The van der Waals surface area contributed by atoms with E-state index in [0.29, 0.717) is 0 Å². The molecule has 0 saturated carbocycles. The predicted octanol–water partition coefficient (Wildman–Crippen LogP) is 3.33. The minimum atomic E-state index is -0.313. The van der Waals surface area contributed by atoms with Gasteiger partial charge in [-0.3, -0.25) is 4.79 Å². The Hall–Kier alpha value is -2.82. The molecule has 0 saturated heterocycles. The second kappa shape index (κ2) is 7.64. The Morgan fingerprint density at radius 3 is 2.50 bits per heavy atom. The summed E-state index contributed by atoms with van der Waals surface area (Å²) in [5.41, 5.74) is 4.26. The molecule has 0 unspecified atom stereocenters. The number of aryl methyl sites for hydroxylation is 2. The van der Waals surface area contributed by atoms with E-state index < -0.39 is 0 Å². The highest BCUT2D eigenvalue weighted by Gasteiger charge is 2.12. The van der Waals surface area contributed by atoms with Gasteiger partial charge in [0.2, 0.25) is 5.91 Å². The third-order valence-corrected chi connectivity index (χ3v) is 4.05. The fraction of sp³-hybridized carbons (Fsp3) is 0.263. The first-order valence-corrected chi connectivity index (χ1v) is 8.22. The Morgan fingerprint density at radius 1 is 0.875 bits per heavy atom. The summed E-state index contributed by atoms with van der Waals surface area (Å²) < 4.78 is 0. The Balaban J connectivity index is 1.40. The van der Waals surface area contributed by atoms with Crippen molar-refractivity contribution in [2.75, 3.05) is 17.2 Å². The highest BCUT2D eigenvalue weighted by molar-refractivity contribution is 5.92. The first kappa shape index (κ1) is 16.1. The van der Waals surface area contributed by atoms with Crippen LogP contribution in [0.15, 0.2) is 48.5 Å². The van der Waals surface area contributed by atoms with Crippen molar-refractivity contribution in [1.29, 1.82) is 0 Å². The predicted molar refractivity (Wildman–Crippen MR) is 95.2 cm³/mol. The summed E-state index contributed by atoms with van der Waals surface area (Å²) in [7, 11) is 0. The SMILES string of the molecule is O=C(CCNC(=O)Nc1ccccc1)Nc1ccc2c(c1)CCC2. The molecule has 0 heterocycles. The van der Waals surface area contributed by atoms with Gasteiger partial charge in [0.25, 0.3) is 0 Å². The molecule has 0 radical (unpaired) electrons. The van der Waals surface area contributed by atoms with Gasteiger partial charge in [0.15, 0.2) is 0 Å². The molecule has 0 fully saturated rings. The molecule has 3 amide bonds. The normalized spacial score (nSPS) is 12.3. The van der Waals surface area contributed by atoms with Crippen molar-refractivity contribution in [2.45, 2.75) is 25.7 Å². The molecule has 1 aliphatic carbocycles. The lowest BCUT2D eigenvalue weighted by Crippen LogP contribution is -2.31. The van der Waals surface area contributed by atoms with Crippen LogP contribution in [-0.4, -0.2) is 18.5 Å². The number of rotatable bonds is 5. The van der Waals surface area contributed by atoms with Gasteiger partial charge in [-0.15, -0.1) is 0 Å². The number of para-hydroxylation sites is 1. The van der Waals surface area contributed by atoms with E-state index in [0.717, 1.165) is 24.2 Å². The molecule has 2 aromatic rings. The minimum absolute atomic E-state index is 0.104. The molecule has 3 rings (SSSR count). The van der Waals surface area contributed by atoms with Crippen LogP contribution in [0.25, 0.3) is 0 Å². The van der Waals surface area contributed by atoms with Gasteiger partial charge < -0.3 is 16.0 Å². The largest absolute Gasteiger partial charge is 0.337 e. The van der Waals surface area contributed by atoms with Crippen LogP contribution >= 0.6 is 0 Å². The number of carbonyl (C=O) groups is 2. The zero-order valence-corrected chi connectivity index (χ0v) is 13.5. The van der Waals surface area contributed by atoms with E-state index in [2.05, 4.69) is 28.1 Å². The van der Waals surface area contributed by atoms with Gasteiger partial charge in [-0.25, -0.2) is 4.79 Å². The maximum Gasteiger partial charge on any atom is 0.319 e. The Labute approximate surface area is 141 Å². The van der Waals surface area contributed by atoms with Gasteiger partial charge in [0.1, 0.15) is 0 Å². The van der Waals surface area contributed by atoms with Crippen molar-refractivity contribution in [2.24, 2.45) is 0 Å². The van der Waals surface area contributed by atoms with Crippen LogP contribution in [-0.2, 0) is 17.6 Å². The summed E-state index contributed by atoms with van der Waals surface area (Å²) in [6, 6.07) is 15.0. The third kappa shape index (κ3) is 4.35. The molecular formula is C19H21N3O2. The van der Waals surface area contributed by atoms with Gasteiger partial charge in [0, 0.05) is 24.3 Å². The van der Waals surface area contributed by atoms with Crippen LogP contribution in [0.3, 0.4) is 0 Å². The van der Waals surface area contributed by atoms with Crippen molar-refractivity contribution in [1.82, 2.24) is 5.32 Å². The van der Waals surface area contributed by atoms with E-state index in [-0.39, 0.29) is 24.9 Å². The molecule has 0 spiro atoms. The zero-order chi connectivity index (χ0) is 16.8. The molecule has 3 N–H and O–H groups in total. The lowest BCUT2D eigenvalue weighted by Gasteiger charge is -2.09. The van der Waals surface area contributed by atoms with Crippen molar-refractivity contribution in [3.05, 3.63) is 59.7 Å². The summed E-state index contributed by atoms with van der Waals surface area (Å²) in [5.74, 6) is -0.104. The molecule has 1 aliphatic rings. The smallest absolute Gasteiger partial charge is 0.319 e. The van der Waals surface area contributed by atoms with Gasteiger partial charge >= 0.3 is 6.03 Å². The van der Waals surface area contributed by atoms with E-state index >= 15 is 0 Å². The van der Waals surface area contributed by atoms with Crippen molar-refractivity contribution >= 4 is 23.3 Å². The van der Waals surface area contributed by atoms with Crippen LogP contribution in [0.1, 0.15) is 24.0 Å². The van der Waals surface area contributed by atoms with Gasteiger partial charge in [-0.1, -0.05) is 24.3 Å². The van der Waals surface area contributed by atoms with Crippen LogP contribution in [0.5, 0.6) is 0 Å². The molecule has 0 atom stereocenters. The molecule has 0 aliphatic heterocycles. The number of hydrogen-bond acceptors (Lipinski definition) is 2. The average molecular weight is 323 g/mol. The van der Waals surface area contributed by atoms with Gasteiger partial charge in [0.05, 0.1) is 0 Å². The van der Waals surface area contributed by atoms with Crippen LogP contribution in [0.4, 0.5) is 16.2 Å². The number of benzene rings is 2. The zero-order valence-electron chi connectivity index (χ0n) is 13.5. The quantitative estimate of drug-likeness (QED) is 0.790. The van der Waals surface area contributed by atoms with Gasteiger partial charge in [-0.2, -0.15) is 0 Å². The molecule has 5 heteroatoms. The number of fused-ring (bicyclic) bond motifs is 1. The van der Waals surface area contributed by atoms with Crippen LogP contribution < -0.4 is 16.0 Å². The van der Waals surface area contributed by atoms with Crippen LogP contribution in [0, 0.1) is 0 Å². The highest BCUT2D eigenvalue weighted by Crippen LogP contribution is 2.24. The molecule has 5 nitrogen and oxygen atoms in total. The number of carbonyl (C=O) groups excluding carboxylic acids is 2. The third-order valence-electron chi connectivity index (χ3n) is 4.05. The monoisotopic (exact) mass is 323 g/mol. The first-order valence-electron chi connectivity index (χ1n) is 8.22. The van der Waals surface area contributed by atoms with Gasteiger partial charge in [-0.05, 0) is 54.7 Å². The number of amides is 3. The first-order chi connectivity index (χ1) is 11.7. The standard InChI is InChI=1S/C19H21N3O2/c23-18(21-17-10-9-14-5-4-6-15(14)13-17)11-12-20-19(24)22-16-7-2-1-3-8-16/h1-3,7-10,13H,4-6,11-12H2,(H,21,23)(H2,20,22,24). The van der Waals surface area contributed by atoms with Crippen molar-refractivity contribution in [3.8, 4) is 0 Å². The molecular weight excluding hydrogens is 302 g/mol. The topological polar surface area (TPSA) is 70.2 Å². The number of hydrogen-bond donors (Lipinski definition) is 3. The maximum atomic E-state index is 12.0. The lowest BCUT2D eigenvalue weighted by atomic mass is 10.1. The van der Waals surface area contributed by atoms with E-state index in [1.54, 1.807) is 12.1 Å². The number of urea groups is 1. The van der Waals surface area contributed by atoms with Crippen LogP contribution in [0.2, 0.25) is 0 Å². The molecule has 0 aromatic heterocycles. The summed E-state index contributed by atoms with van der Waals surface area (Å²) in [6.45, 7) is 0.287. The summed E-state index contributed by atoms with van der Waals surface area (Å²) >= 11 is 0. The number of anilines is 2. The molecule has 0 bridgehead atoms. The van der Waals surface area contributed by atoms with E-state index in [1.807, 2.05) is 24.3 Å². The average Bonchev–Trinajstić information content (AvgIpc) is 3.03. The summed E-state index contributed by atoms with van der Waals surface area (Å²) in [4.78, 5) is 23.7. The summed E-state index contributed by atoms with van der Waals surface area (Å²) in [5, 5.41) is 8.27. The molecule has 24 heavy (non-hydrogen) atoms. The second-order valence-corrected chi connectivity index (χ2v) is 5.88. The highest BCUT2D eigenvalue weighted by atomic mass is 16.2. The van der Waals surface area contributed by atoms with Crippen molar-refractivity contribution in [3.63, 3.8) is 0 Å². The number of nitrogens with one attached hydrogen (secondary N) is 3. The molecule has 2 aromatic carbocycles. The minimum Gasteiger partial charge on any atom is -0.337 e. The van der Waals surface area contributed by atoms with E-state index in [1.165, 1.54) is 17.5 Å². The van der Waals surface area contributed by atoms with E-state index in [4.69, 9.17) is 0 Å². The lowest BCUT2D eigenvalue weighted by molar-refractivity contribution is -0.116.